The number of nitrogens with one attached hydrogen (secondary N) is 2. The Balaban J connectivity index is 1.62. The fraction of sp³-hybridized carbons (Fsp3) is 0.261. The SMILES string of the molecule is CC(C)c1ccc([C@@H]2CC(c3c(O)n(Cc4ccccc4)c(=O)[nH]c3=O)=NN2)cc1. The zero-order valence-corrected chi connectivity index (χ0v) is 16.9. The molecule has 7 heteroatoms. The van der Waals surface area contributed by atoms with E-state index < -0.39 is 11.2 Å². The molecule has 0 radical (unpaired) electrons. The highest BCUT2D eigenvalue weighted by Crippen LogP contribution is 2.27. The lowest BCUT2D eigenvalue weighted by atomic mass is 9.96. The van der Waals surface area contributed by atoms with Crippen LogP contribution in [0, 0.1) is 0 Å². The molecule has 1 aliphatic heterocycles. The Morgan fingerprint density at radius 3 is 2.47 bits per heavy atom. The second-order valence-corrected chi connectivity index (χ2v) is 7.80. The zero-order valence-electron chi connectivity index (χ0n) is 16.9. The van der Waals surface area contributed by atoms with Crippen LogP contribution in [0.4, 0.5) is 0 Å². The predicted octanol–water partition coefficient (Wildman–Crippen LogP) is 2.85. The number of nitrogens with zero attached hydrogens (tertiary/aromatic N) is 2. The van der Waals surface area contributed by atoms with E-state index in [4.69, 9.17) is 0 Å². The van der Waals surface area contributed by atoms with E-state index >= 15 is 0 Å². The van der Waals surface area contributed by atoms with Gasteiger partial charge in [-0.05, 0) is 22.6 Å². The summed E-state index contributed by atoms with van der Waals surface area (Å²) in [5.41, 5.74) is 5.33. The van der Waals surface area contributed by atoms with Crippen molar-refractivity contribution in [3.8, 4) is 5.88 Å². The van der Waals surface area contributed by atoms with Crippen molar-refractivity contribution in [1.29, 1.82) is 0 Å². The van der Waals surface area contributed by atoms with E-state index in [1.807, 2.05) is 42.5 Å². The van der Waals surface area contributed by atoms with Crippen molar-refractivity contribution in [3.63, 3.8) is 0 Å². The molecule has 4 rings (SSSR count). The Morgan fingerprint density at radius 2 is 1.80 bits per heavy atom. The topological polar surface area (TPSA) is 99.5 Å². The van der Waals surface area contributed by atoms with Gasteiger partial charge in [-0.3, -0.25) is 14.3 Å². The second-order valence-electron chi connectivity index (χ2n) is 7.80. The molecule has 2 heterocycles. The van der Waals surface area contributed by atoms with Crippen molar-refractivity contribution in [3.05, 3.63) is 97.7 Å². The van der Waals surface area contributed by atoms with Gasteiger partial charge in [-0.2, -0.15) is 5.10 Å². The number of hydrazone groups is 1. The van der Waals surface area contributed by atoms with Crippen LogP contribution in [0.1, 0.15) is 54.5 Å². The number of hydrogen-bond donors (Lipinski definition) is 3. The molecule has 0 fully saturated rings. The Labute approximate surface area is 173 Å². The van der Waals surface area contributed by atoms with Gasteiger partial charge in [0, 0.05) is 6.42 Å². The number of rotatable bonds is 5. The molecule has 3 N–H and O–H groups in total. The summed E-state index contributed by atoms with van der Waals surface area (Å²) in [5, 5.41) is 15.1. The standard InChI is InChI=1S/C23H24N4O3/c1-14(2)16-8-10-17(11-9-16)18-12-19(26-25-18)20-21(28)24-23(30)27(22(20)29)13-15-6-4-3-5-7-15/h3-11,14,18,25,29H,12-13H2,1-2H3,(H,24,28,30)/t18-/m0/s1. The van der Waals surface area contributed by atoms with Gasteiger partial charge in [0.15, 0.2) is 0 Å². The lowest BCUT2D eigenvalue weighted by Crippen LogP contribution is -2.34. The van der Waals surface area contributed by atoms with Crippen LogP contribution in [0.25, 0.3) is 0 Å². The minimum absolute atomic E-state index is 0.0272. The predicted molar refractivity (Wildman–Crippen MR) is 116 cm³/mol. The monoisotopic (exact) mass is 404 g/mol. The van der Waals surface area contributed by atoms with Crippen molar-refractivity contribution in [2.75, 3.05) is 0 Å². The van der Waals surface area contributed by atoms with Crippen LogP contribution in [0.3, 0.4) is 0 Å². The second kappa shape index (κ2) is 8.02. The average Bonchev–Trinajstić information content (AvgIpc) is 3.21. The number of benzene rings is 2. The third-order valence-corrected chi connectivity index (χ3v) is 5.40. The fourth-order valence-corrected chi connectivity index (χ4v) is 3.64. The van der Waals surface area contributed by atoms with Crippen LogP contribution in [0.15, 0.2) is 69.3 Å². The Hall–Kier alpha value is -3.61. The number of aromatic nitrogens is 2. The fourth-order valence-electron chi connectivity index (χ4n) is 3.64. The van der Waals surface area contributed by atoms with Crippen molar-refractivity contribution >= 4 is 5.71 Å². The number of H-pyrrole nitrogens is 1. The van der Waals surface area contributed by atoms with Gasteiger partial charge < -0.3 is 10.5 Å². The van der Waals surface area contributed by atoms with E-state index in [1.165, 1.54) is 5.56 Å². The molecule has 3 aromatic rings. The maximum atomic E-state index is 12.5. The molecule has 0 bridgehead atoms. The summed E-state index contributed by atoms with van der Waals surface area (Å²) in [4.78, 5) is 27.1. The Bertz CT molecular complexity index is 1190. The van der Waals surface area contributed by atoms with Gasteiger partial charge in [-0.1, -0.05) is 68.4 Å². The van der Waals surface area contributed by atoms with Crippen LogP contribution in [-0.2, 0) is 6.54 Å². The first-order chi connectivity index (χ1) is 14.4. The Morgan fingerprint density at radius 1 is 1.10 bits per heavy atom. The van der Waals surface area contributed by atoms with Gasteiger partial charge in [0.25, 0.3) is 5.56 Å². The summed E-state index contributed by atoms with van der Waals surface area (Å²) >= 11 is 0. The van der Waals surface area contributed by atoms with Crippen LogP contribution in [0.5, 0.6) is 5.88 Å². The molecule has 0 spiro atoms. The Kier molecular flexibility index (Phi) is 5.27. The number of hydrogen-bond acceptors (Lipinski definition) is 5. The van der Waals surface area contributed by atoms with Crippen LogP contribution >= 0.6 is 0 Å². The summed E-state index contributed by atoms with van der Waals surface area (Å²) in [6.07, 6.45) is 0.432. The summed E-state index contributed by atoms with van der Waals surface area (Å²) in [6, 6.07) is 17.4. The quantitative estimate of drug-likeness (QED) is 0.609. The summed E-state index contributed by atoms with van der Waals surface area (Å²) in [6.45, 7) is 4.43. The molecule has 0 amide bonds. The summed E-state index contributed by atoms with van der Waals surface area (Å²) < 4.78 is 1.15. The van der Waals surface area contributed by atoms with E-state index in [9.17, 15) is 14.7 Å². The summed E-state index contributed by atoms with van der Waals surface area (Å²) in [5.74, 6) is 0.0764. The largest absolute Gasteiger partial charge is 0.494 e. The first kappa shape index (κ1) is 19.7. The first-order valence-electron chi connectivity index (χ1n) is 9.96. The lowest BCUT2D eigenvalue weighted by Gasteiger charge is -2.13. The van der Waals surface area contributed by atoms with E-state index in [0.29, 0.717) is 18.1 Å². The smallest absolute Gasteiger partial charge is 0.331 e. The average molecular weight is 404 g/mol. The first-order valence-corrected chi connectivity index (χ1v) is 9.96. The molecular formula is C23H24N4O3. The minimum Gasteiger partial charge on any atom is -0.494 e. The van der Waals surface area contributed by atoms with E-state index in [2.05, 4.69) is 41.5 Å². The van der Waals surface area contributed by atoms with E-state index in [-0.39, 0.29) is 24.0 Å². The molecule has 7 nitrogen and oxygen atoms in total. The molecule has 1 aromatic heterocycles. The highest BCUT2D eigenvalue weighted by Gasteiger charge is 2.27. The van der Waals surface area contributed by atoms with Gasteiger partial charge in [0.05, 0.1) is 18.3 Å². The molecule has 0 saturated carbocycles. The minimum atomic E-state index is -0.655. The van der Waals surface area contributed by atoms with Crippen molar-refractivity contribution in [1.82, 2.24) is 15.0 Å². The highest BCUT2D eigenvalue weighted by atomic mass is 16.3. The van der Waals surface area contributed by atoms with Crippen LogP contribution in [0.2, 0.25) is 0 Å². The van der Waals surface area contributed by atoms with Gasteiger partial charge in [0.2, 0.25) is 5.88 Å². The molecule has 154 valence electrons. The summed E-state index contributed by atoms with van der Waals surface area (Å²) in [7, 11) is 0. The van der Waals surface area contributed by atoms with E-state index in [1.54, 1.807) is 0 Å². The van der Waals surface area contributed by atoms with Gasteiger partial charge in [-0.15, -0.1) is 0 Å². The van der Waals surface area contributed by atoms with Gasteiger partial charge in [0.1, 0.15) is 5.56 Å². The highest BCUT2D eigenvalue weighted by molar-refractivity contribution is 6.03. The third-order valence-electron chi connectivity index (χ3n) is 5.40. The molecule has 0 unspecified atom stereocenters. The number of aromatic hydroxyl groups is 1. The van der Waals surface area contributed by atoms with Crippen molar-refractivity contribution < 1.29 is 5.11 Å². The van der Waals surface area contributed by atoms with Crippen molar-refractivity contribution in [2.24, 2.45) is 5.10 Å². The van der Waals surface area contributed by atoms with E-state index in [0.717, 1.165) is 15.7 Å². The van der Waals surface area contributed by atoms with Crippen molar-refractivity contribution in [2.45, 2.75) is 38.8 Å². The maximum absolute atomic E-state index is 12.5. The van der Waals surface area contributed by atoms with Crippen LogP contribution in [-0.4, -0.2) is 20.4 Å². The molecule has 1 atom stereocenters. The van der Waals surface area contributed by atoms with Gasteiger partial charge in [-0.25, -0.2) is 4.79 Å². The molecule has 0 aliphatic carbocycles. The number of aromatic amines is 1. The molecule has 2 aromatic carbocycles. The lowest BCUT2D eigenvalue weighted by molar-refractivity contribution is 0.408. The molecule has 30 heavy (non-hydrogen) atoms. The normalized spacial score (nSPS) is 15.8. The molecule has 0 saturated heterocycles. The molecule has 1 aliphatic rings. The zero-order chi connectivity index (χ0) is 21.3. The van der Waals surface area contributed by atoms with Gasteiger partial charge >= 0.3 is 5.69 Å². The maximum Gasteiger partial charge on any atom is 0.331 e. The molecular weight excluding hydrogens is 380 g/mol. The third kappa shape index (κ3) is 3.78. The van der Waals surface area contributed by atoms with Crippen LogP contribution < -0.4 is 16.7 Å².